The van der Waals surface area contributed by atoms with E-state index >= 15 is 0 Å². The molecular weight excluding hydrogens is 194 g/mol. The van der Waals surface area contributed by atoms with Crippen LogP contribution in [-0.2, 0) is 9.53 Å². The Morgan fingerprint density at radius 2 is 2.47 bits per heavy atom. The fourth-order valence-corrected chi connectivity index (χ4v) is 1.60. The number of Topliss-reactive ketones (excluding diaryl/α,β-unsaturated/α-hetero) is 1. The van der Waals surface area contributed by atoms with Crippen LogP contribution < -0.4 is 4.74 Å². The van der Waals surface area contributed by atoms with Gasteiger partial charge in [0.2, 0.25) is 0 Å². The highest BCUT2D eigenvalue weighted by Gasteiger charge is 2.22. The standard InChI is InChI=1S/C11H13NO3/c1-14-9-2-4-12-10(7-9)11-6-8(13)3-5-15-11/h2,4,7,11H,3,5-6H2,1H3. The number of nitrogens with zero attached hydrogens (tertiary/aromatic N) is 1. The van der Waals surface area contributed by atoms with Crippen molar-refractivity contribution in [2.75, 3.05) is 13.7 Å². The molecule has 1 saturated heterocycles. The fraction of sp³-hybridized carbons (Fsp3) is 0.455. The minimum atomic E-state index is -0.207. The number of ketones is 1. The SMILES string of the molecule is COc1ccnc(C2CC(=O)CCO2)c1. The van der Waals surface area contributed by atoms with E-state index in [9.17, 15) is 4.79 Å². The van der Waals surface area contributed by atoms with Crippen molar-refractivity contribution in [3.8, 4) is 5.75 Å². The maximum absolute atomic E-state index is 11.3. The van der Waals surface area contributed by atoms with E-state index in [0.717, 1.165) is 11.4 Å². The molecule has 0 saturated carbocycles. The van der Waals surface area contributed by atoms with Crippen molar-refractivity contribution >= 4 is 5.78 Å². The summed E-state index contributed by atoms with van der Waals surface area (Å²) in [5, 5.41) is 0. The number of carbonyl (C=O) groups excluding carboxylic acids is 1. The molecule has 4 heteroatoms. The molecule has 1 fully saturated rings. The van der Waals surface area contributed by atoms with Gasteiger partial charge in [0, 0.05) is 25.1 Å². The minimum absolute atomic E-state index is 0.207. The molecular formula is C11H13NO3. The lowest BCUT2D eigenvalue weighted by molar-refractivity contribution is -0.128. The second-order valence-electron chi connectivity index (χ2n) is 3.47. The van der Waals surface area contributed by atoms with Gasteiger partial charge in [-0.15, -0.1) is 0 Å². The van der Waals surface area contributed by atoms with Crippen LogP contribution in [0.3, 0.4) is 0 Å². The van der Waals surface area contributed by atoms with Crippen LogP contribution in [0.25, 0.3) is 0 Å². The lowest BCUT2D eigenvalue weighted by atomic mass is 10.0. The summed E-state index contributed by atoms with van der Waals surface area (Å²) >= 11 is 0. The van der Waals surface area contributed by atoms with E-state index in [4.69, 9.17) is 9.47 Å². The Labute approximate surface area is 88.2 Å². The smallest absolute Gasteiger partial charge is 0.138 e. The van der Waals surface area contributed by atoms with Gasteiger partial charge in [-0.25, -0.2) is 0 Å². The third-order valence-corrected chi connectivity index (χ3v) is 2.43. The lowest BCUT2D eigenvalue weighted by Crippen LogP contribution is -2.20. The molecule has 0 spiro atoms. The van der Waals surface area contributed by atoms with E-state index in [1.807, 2.05) is 6.07 Å². The van der Waals surface area contributed by atoms with Crippen molar-refractivity contribution in [1.29, 1.82) is 0 Å². The Morgan fingerprint density at radius 3 is 3.20 bits per heavy atom. The molecule has 1 atom stereocenters. The van der Waals surface area contributed by atoms with Crippen LogP contribution in [0.5, 0.6) is 5.75 Å². The van der Waals surface area contributed by atoms with Crippen LogP contribution in [0.2, 0.25) is 0 Å². The zero-order valence-corrected chi connectivity index (χ0v) is 8.60. The number of pyridine rings is 1. The van der Waals surface area contributed by atoms with Gasteiger partial charge in [0.05, 0.1) is 19.4 Å². The van der Waals surface area contributed by atoms with E-state index in [1.54, 1.807) is 19.4 Å². The first kappa shape index (κ1) is 10.1. The van der Waals surface area contributed by atoms with Gasteiger partial charge in [-0.1, -0.05) is 0 Å². The maximum atomic E-state index is 11.3. The van der Waals surface area contributed by atoms with E-state index < -0.39 is 0 Å². The molecule has 0 aliphatic carbocycles. The second kappa shape index (κ2) is 4.40. The van der Waals surface area contributed by atoms with E-state index in [0.29, 0.717) is 19.4 Å². The van der Waals surface area contributed by atoms with Crippen LogP contribution in [0.4, 0.5) is 0 Å². The van der Waals surface area contributed by atoms with Gasteiger partial charge in [-0.2, -0.15) is 0 Å². The van der Waals surface area contributed by atoms with Gasteiger partial charge in [-0.05, 0) is 6.07 Å². The van der Waals surface area contributed by atoms with Gasteiger partial charge in [-0.3, -0.25) is 9.78 Å². The van der Waals surface area contributed by atoms with Gasteiger partial charge < -0.3 is 9.47 Å². The normalized spacial score (nSPS) is 21.4. The summed E-state index contributed by atoms with van der Waals surface area (Å²) in [4.78, 5) is 15.5. The Balaban J connectivity index is 2.17. The molecule has 1 aliphatic rings. The molecule has 80 valence electrons. The first-order valence-electron chi connectivity index (χ1n) is 4.93. The summed E-state index contributed by atoms with van der Waals surface area (Å²) in [6, 6.07) is 3.58. The lowest BCUT2D eigenvalue weighted by Gasteiger charge is -2.21. The second-order valence-corrected chi connectivity index (χ2v) is 3.47. The summed E-state index contributed by atoms with van der Waals surface area (Å²) in [5.41, 5.74) is 0.766. The highest BCUT2D eigenvalue weighted by atomic mass is 16.5. The Bertz CT molecular complexity index is 365. The minimum Gasteiger partial charge on any atom is -0.497 e. The van der Waals surface area contributed by atoms with Gasteiger partial charge in [0.15, 0.2) is 0 Å². The molecule has 0 aromatic carbocycles. The first-order valence-corrected chi connectivity index (χ1v) is 4.93. The van der Waals surface area contributed by atoms with Gasteiger partial charge in [0.25, 0.3) is 0 Å². The number of ether oxygens (including phenoxy) is 2. The van der Waals surface area contributed by atoms with Crippen LogP contribution in [0.15, 0.2) is 18.3 Å². The number of aromatic nitrogens is 1. The molecule has 0 radical (unpaired) electrons. The molecule has 2 rings (SSSR count). The molecule has 0 amide bonds. The molecule has 0 N–H and O–H groups in total. The van der Waals surface area contributed by atoms with E-state index in [-0.39, 0.29) is 11.9 Å². The predicted octanol–water partition coefficient (Wildman–Crippen LogP) is 1.51. The fourth-order valence-electron chi connectivity index (χ4n) is 1.60. The van der Waals surface area contributed by atoms with E-state index in [2.05, 4.69) is 4.98 Å². The topological polar surface area (TPSA) is 48.4 Å². The van der Waals surface area contributed by atoms with E-state index in [1.165, 1.54) is 0 Å². The average molecular weight is 207 g/mol. The summed E-state index contributed by atoms with van der Waals surface area (Å²) in [6.07, 6.45) is 2.39. The third-order valence-electron chi connectivity index (χ3n) is 2.43. The number of carbonyl (C=O) groups is 1. The summed E-state index contributed by atoms with van der Waals surface area (Å²) < 4.78 is 10.6. The molecule has 1 aliphatic heterocycles. The highest BCUT2D eigenvalue weighted by molar-refractivity contribution is 5.79. The molecule has 0 bridgehead atoms. The van der Waals surface area contributed by atoms with Crippen molar-refractivity contribution in [2.45, 2.75) is 18.9 Å². The van der Waals surface area contributed by atoms with Gasteiger partial charge in [0.1, 0.15) is 17.6 Å². The third kappa shape index (κ3) is 2.33. The molecule has 4 nitrogen and oxygen atoms in total. The monoisotopic (exact) mass is 207 g/mol. The predicted molar refractivity (Wildman–Crippen MR) is 53.7 cm³/mol. The molecule has 1 aromatic rings. The van der Waals surface area contributed by atoms with Crippen molar-refractivity contribution in [3.63, 3.8) is 0 Å². The Hall–Kier alpha value is -1.42. The maximum Gasteiger partial charge on any atom is 0.138 e. The van der Waals surface area contributed by atoms with Crippen molar-refractivity contribution < 1.29 is 14.3 Å². The molecule has 2 heterocycles. The summed E-state index contributed by atoms with van der Waals surface area (Å²) in [5.74, 6) is 0.970. The number of methoxy groups -OCH3 is 1. The van der Waals surface area contributed by atoms with Crippen LogP contribution >= 0.6 is 0 Å². The molecule has 1 aromatic heterocycles. The zero-order valence-electron chi connectivity index (χ0n) is 8.60. The summed E-state index contributed by atoms with van der Waals surface area (Å²) in [6.45, 7) is 0.488. The number of hydrogen-bond acceptors (Lipinski definition) is 4. The van der Waals surface area contributed by atoms with Crippen molar-refractivity contribution in [3.05, 3.63) is 24.0 Å². The number of hydrogen-bond donors (Lipinski definition) is 0. The number of rotatable bonds is 2. The quantitative estimate of drug-likeness (QED) is 0.737. The summed E-state index contributed by atoms with van der Waals surface area (Å²) in [7, 11) is 1.60. The Morgan fingerprint density at radius 1 is 1.60 bits per heavy atom. The van der Waals surface area contributed by atoms with Crippen LogP contribution in [0.1, 0.15) is 24.6 Å². The van der Waals surface area contributed by atoms with Crippen molar-refractivity contribution in [1.82, 2.24) is 4.98 Å². The van der Waals surface area contributed by atoms with Crippen molar-refractivity contribution in [2.24, 2.45) is 0 Å². The molecule has 15 heavy (non-hydrogen) atoms. The largest absolute Gasteiger partial charge is 0.497 e. The average Bonchev–Trinajstić information content (AvgIpc) is 2.29. The van der Waals surface area contributed by atoms with Crippen LogP contribution in [-0.4, -0.2) is 24.5 Å². The van der Waals surface area contributed by atoms with Gasteiger partial charge >= 0.3 is 0 Å². The van der Waals surface area contributed by atoms with Crippen LogP contribution in [0, 0.1) is 0 Å². The Kier molecular flexibility index (Phi) is 2.97. The first-order chi connectivity index (χ1) is 7.29. The zero-order chi connectivity index (χ0) is 10.7. The highest BCUT2D eigenvalue weighted by Crippen LogP contribution is 2.26. The molecule has 1 unspecified atom stereocenters.